The molecule has 1 atom stereocenters. The van der Waals surface area contributed by atoms with E-state index in [2.05, 4.69) is 10.6 Å². The molecule has 1 fully saturated rings. The lowest BCUT2D eigenvalue weighted by molar-refractivity contribution is -0.133. The van der Waals surface area contributed by atoms with E-state index in [1.165, 1.54) is 20.2 Å². The zero-order chi connectivity index (χ0) is 23.8. The van der Waals surface area contributed by atoms with E-state index in [1.54, 1.807) is 38.1 Å². The monoisotopic (exact) mass is 458 g/mol. The normalized spacial score (nSPS) is 18.8. The van der Waals surface area contributed by atoms with Crippen molar-refractivity contribution in [3.05, 3.63) is 59.2 Å². The first-order chi connectivity index (χ1) is 14.9. The molecule has 0 bridgehead atoms. The molecule has 2 aromatic rings. The van der Waals surface area contributed by atoms with Gasteiger partial charge in [-0.2, -0.15) is 0 Å². The van der Waals surface area contributed by atoms with Gasteiger partial charge < -0.3 is 10.6 Å². The minimum absolute atomic E-state index is 0.0576. The molecule has 0 aromatic heterocycles. The largest absolute Gasteiger partial charge is 0.325 e. The van der Waals surface area contributed by atoms with Crippen molar-refractivity contribution in [1.29, 1.82) is 0 Å². The number of nitrogens with zero attached hydrogens (tertiary/aromatic N) is 2. The van der Waals surface area contributed by atoms with Crippen LogP contribution in [0.4, 0.5) is 10.5 Å². The molecule has 0 radical (unpaired) electrons. The molecule has 2 N–H and O–H groups in total. The molecule has 9 nitrogen and oxygen atoms in total. The van der Waals surface area contributed by atoms with Gasteiger partial charge in [-0.15, -0.1) is 0 Å². The molecular weight excluding hydrogens is 432 g/mol. The van der Waals surface area contributed by atoms with Crippen molar-refractivity contribution in [2.75, 3.05) is 26.0 Å². The number of aryl methyl sites for hydroxylation is 2. The molecule has 32 heavy (non-hydrogen) atoms. The molecule has 1 aliphatic heterocycles. The summed E-state index contributed by atoms with van der Waals surface area (Å²) in [6.45, 7) is 4.66. The number of nitrogens with one attached hydrogen (secondary N) is 2. The Morgan fingerprint density at radius 3 is 2.31 bits per heavy atom. The number of amides is 4. The summed E-state index contributed by atoms with van der Waals surface area (Å²) in [7, 11) is -0.863. The van der Waals surface area contributed by atoms with Crippen LogP contribution in [0.25, 0.3) is 0 Å². The molecule has 170 valence electrons. The van der Waals surface area contributed by atoms with Crippen molar-refractivity contribution in [3.63, 3.8) is 0 Å². The second-order valence-electron chi connectivity index (χ2n) is 8.13. The highest BCUT2D eigenvalue weighted by Gasteiger charge is 2.49. The van der Waals surface area contributed by atoms with E-state index >= 15 is 0 Å². The van der Waals surface area contributed by atoms with Crippen molar-refractivity contribution in [2.45, 2.75) is 31.2 Å². The predicted molar refractivity (Wildman–Crippen MR) is 119 cm³/mol. The standard InChI is InChI=1S/C22H26N4O5S/c1-14-6-9-16(10-7-14)22(3)20(28)26(21(29)24-22)13-19(27)23-17-11-8-15(2)18(12-17)32(30,31)25(4)5/h6-12H,13H2,1-5H3,(H,23,27)(H,24,29). The van der Waals surface area contributed by atoms with Crippen LogP contribution < -0.4 is 10.6 Å². The first-order valence-electron chi connectivity index (χ1n) is 9.90. The molecule has 3 rings (SSSR count). The molecule has 1 unspecified atom stereocenters. The Balaban J connectivity index is 1.78. The Kier molecular flexibility index (Phi) is 6.12. The third-order valence-electron chi connectivity index (χ3n) is 5.44. The number of anilines is 1. The summed E-state index contributed by atoms with van der Waals surface area (Å²) in [5.74, 6) is -1.17. The lowest BCUT2D eigenvalue weighted by Gasteiger charge is -2.22. The molecule has 1 aliphatic rings. The fraction of sp³-hybridized carbons (Fsp3) is 0.318. The first kappa shape index (κ1) is 23.4. The topological polar surface area (TPSA) is 116 Å². The summed E-state index contributed by atoms with van der Waals surface area (Å²) >= 11 is 0. The van der Waals surface area contributed by atoms with E-state index in [0.717, 1.165) is 14.8 Å². The molecule has 1 saturated heterocycles. The second kappa shape index (κ2) is 8.36. The fourth-order valence-electron chi connectivity index (χ4n) is 3.42. The minimum atomic E-state index is -3.70. The minimum Gasteiger partial charge on any atom is -0.324 e. The number of sulfonamides is 1. The van der Waals surface area contributed by atoms with Crippen LogP contribution >= 0.6 is 0 Å². The van der Waals surface area contributed by atoms with Crippen LogP contribution in [0.1, 0.15) is 23.6 Å². The zero-order valence-corrected chi connectivity index (χ0v) is 19.4. The maximum Gasteiger partial charge on any atom is 0.325 e. The lowest BCUT2D eigenvalue weighted by Crippen LogP contribution is -2.42. The number of benzene rings is 2. The Morgan fingerprint density at radius 1 is 1.09 bits per heavy atom. The van der Waals surface area contributed by atoms with Crippen LogP contribution in [0, 0.1) is 13.8 Å². The Labute approximate surface area is 187 Å². The molecule has 2 aromatic carbocycles. The lowest BCUT2D eigenvalue weighted by atomic mass is 9.91. The number of imide groups is 1. The van der Waals surface area contributed by atoms with Crippen LogP contribution in [-0.4, -0.2) is 56.1 Å². The van der Waals surface area contributed by atoms with Crippen molar-refractivity contribution >= 4 is 33.6 Å². The number of carbonyl (C=O) groups excluding carboxylic acids is 3. The maximum absolute atomic E-state index is 13.0. The SMILES string of the molecule is Cc1ccc(C2(C)NC(=O)N(CC(=O)Nc3ccc(C)c(S(=O)(=O)N(C)C)c3)C2=O)cc1. The predicted octanol–water partition coefficient (Wildman–Crippen LogP) is 1.96. The fourth-order valence-corrected chi connectivity index (χ4v) is 4.56. The molecule has 10 heteroatoms. The maximum atomic E-state index is 13.0. The summed E-state index contributed by atoms with van der Waals surface area (Å²) < 4.78 is 26.1. The van der Waals surface area contributed by atoms with Gasteiger partial charge in [-0.3, -0.25) is 14.5 Å². The van der Waals surface area contributed by atoms with Crippen LogP contribution in [-0.2, 0) is 25.2 Å². The highest BCUT2D eigenvalue weighted by molar-refractivity contribution is 7.89. The van der Waals surface area contributed by atoms with Gasteiger partial charge in [-0.1, -0.05) is 35.9 Å². The Bertz CT molecular complexity index is 1190. The van der Waals surface area contributed by atoms with Gasteiger partial charge in [0.05, 0.1) is 4.90 Å². The summed E-state index contributed by atoms with van der Waals surface area (Å²) in [6, 6.07) is 11.0. The van der Waals surface area contributed by atoms with Gasteiger partial charge in [-0.25, -0.2) is 17.5 Å². The summed E-state index contributed by atoms with van der Waals surface area (Å²) in [5, 5.41) is 5.22. The Morgan fingerprint density at radius 2 is 1.72 bits per heavy atom. The number of rotatable bonds is 6. The second-order valence-corrected chi connectivity index (χ2v) is 10.2. The van der Waals surface area contributed by atoms with Crippen molar-refractivity contribution in [1.82, 2.24) is 14.5 Å². The molecule has 0 saturated carbocycles. The van der Waals surface area contributed by atoms with Crippen molar-refractivity contribution < 1.29 is 22.8 Å². The highest BCUT2D eigenvalue weighted by atomic mass is 32.2. The van der Waals surface area contributed by atoms with Crippen LogP contribution in [0.15, 0.2) is 47.4 Å². The molecular formula is C22H26N4O5S. The van der Waals surface area contributed by atoms with Gasteiger partial charge in [0.25, 0.3) is 5.91 Å². The zero-order valence-electron chi connectivity index (χ0n) is 18.6. The summed E-state index contributed by atoms with van der Waals surface area (Å²) in [5.41, 5.74) is 1.12. The van der Waals surface area contributed by atoms with Crippen molar-refractivity contribution in [3.8, 4) is 0 Å². The average Bonchev–Trinajstić information content (AvgIpc) is 2.93. The third-order valence-corrected chi connectivity index (χ3v) is 7.39. The summed E-state index contributed by atoms with van der Waals surface area (Å²) in [4.78, 5) is 38.9. The van der Waals surface area contributed by atoms with E-state index in [1.807, 2.05) is 19.1 Å². The number of urea groups is 1. The quantitative estimate of drug-likeness (QED) is 0.642. The molecule has 0 spiro atoms. The van der Waals surface area contributed by atoms with Gasteiger partial charge in [0.2, 0.25) is 15.9 Å². The van der Waals surface area contributed by atoms with Gasteiger partial charge in [0.15, 0.2) is 0 Å². The van der Waals surface area contributed by atoms with E-state index in [-0.39, 0.29) is 10.6 Å². The number of carbonyl (C=O) groups is 3. The van der Waals surface area contributed by atoms with E-state index in [9.17, 15) is 22.8 Å². The number of hydrogen-bond acceptors (Lipinski definition) is 5. The van der Waals surface area contributed by atoms with Crippen LogP contribution in [0.2, 0.25) is 0 Å². The Hall–Kier alpha value is -3.24. The van der Waals surface area contributed by atoms with Gasteiger partial charge >= 0.3 is 6.03 Å². The van der Waals surface area contributed by atoms with E-state index in [0.29, 0.717) is 11.1 Å². The van der Waals surface area contributed by atoms with E-state index in [4.69, 9.17) is 0 Å². The molecule has 0 aliphatic carbocycles. The van der Waals surface area contributed by atoms with Crippen LogP contribution in [0.5, 0.6) is 0 Å². The third kappa shape index (κ3) is 4.23. The summed E-state index contributed by atoms with van der Waals surface area (Å²) in [6.07, 6.45) is 0. The van der Waals surface area contributed by atoms with E-state index < -0.39 is 40.0 Å². The molecule has 1 heterocycles. The highest BCUT2D eigenvalue weighted by Crippen LogP contribution is 2.29. The van der Waals surface area contributed by atoms with Gasteiger partial charge in [0, 0.05) is 19.8 Å². The van der Waals surface area contributed by atoms with Crippen LogP contribution in [0.3, 0.4) is 0 Å². The van der Waals surface area contributed by atoms with Crippen molar-refractivity contribution in [2.24, 2.45) is 0 Å². The number of hydrogen-bond donors (Lipinski definition) is 2. The average molecular weight is 459 g/mol. The van der Waals surface area contributed by atoms with Gasteiger partial charge in [0.1, 0.15) is 12.1 Å². The van der Waals surface area contributed by atoms with Gasteiger partial charge in [-0.05, 0) is 44.0 Å². The smallest absolute Gasteiger partial charge is 0.324 e. The molecule has 4 amide bonds. The first-order valence-corrected chi connectivity index (χ1v) is 11.3.